The molecule has 2 heterocycles. The van der Waals surface area contributed by atoms with Gasteiger partial charge in [-0.1, -0.05) is 18.2 Å². The Morgan fingerprint density at radius 2 is 1.93 bits per heavy atom. The van der Waals surface area contributed by atoms with Gasteiger partial charge in [-0.05, 0) is 30.2 Å². The first-order chi connectivity index (χ1) is 13.1. The third-order valence-electron chi connectivity index (χ3n) is 5.32. The molecule has 0 unspecified atom stereocenters. The number of nitrogens with one attached hydrogen (secondary N) is 2. The molecule has 2 N–H and O–H groups in total. The molecule has 1 atom stereocenters. The number of carbonyl (C=O) groups excluding carboxylic acids is 2. The van der Waals surface area contributed by atoms with Crippen LogP contribution in [-0.4, -0.2) is 44.1 Å². The van der Waals surface area contributed by atoms with Gasteiger partial charge in [0.15, 0.2) is 11.5 Å². The molecule has 0 bridgehead atoms. The highest BCUT2D eigenvalue weighted by Gasteiger charge is 2.51. The fraction of sp³-hybridized carbons (Fsp3) is 0.300. The van der Waals surface area contributed by atoms with Crippen molar-refractivity contribution in [3.63, 3.8) is 0 Å². The van der Waals surface area contributed by atoms with Crippen LogP contribution in [0.1, 0.15) is 12.0 Å². The van der Waals surface area contributed by atoms with E-state index in [2.05, 4.69) is 10.6 Å². The Morgan fingerprint density at radius 3 is 2.70 bits per heavy atom. The molecule has 140 valence electrons. The van der Waals surface area contributed by atoms with Crippen LogP contribution in [0.3, 0.4) is 0 Å². The quantitative estimate of drug-likeness (QED) is 0.874. The molecule has 4 rings (SSSR count). The fourth-order valence-electron chi connectivity index (χ4n) is 3.88. The maximum atomic E-state index is 12.7. The number of likely N-dealkylation sites (tertiary alicyclic amines) is 1. The van der Waals surface area contributed by atoms with Gasteiger partial charge in [0.25, 0.3) is 0 Å². The van der Waals surface area contributed by atoms with E-state index in [4.69, 9.17) is 9.47 Å². The van der Waals surface area contributed by atoms with Crippen molar-refractivity contribution in [3.05, 3.63) is 48.0 Å². The summed E-state index contributed by atoms with van der Waals surface area (Å²) in [6.07, 6.45) is 0.606. The fourth-order valence-corrected chi connectivity index (χ4v) is 3.88. The SMILES string of the molecule is COc1ccc(NC(=O)N2CC[C@@]3(C2)C(=O)Nc2ccccc23)cc1OC. The molecule has 1 spiro atoms. The summed E-state index contributed by atoms with van der Waals surface area (Å²) >= 11 is 0. The molecular formula is C20H21N3O4. The molecule has 1 saturated heterocycles. The summed E-state index contributed by atoms with van der Waals surface area (Å²) in [5.74, 6) is 1.09. The maximum Gasteiger partial charge on any atom is 0.321 e. The van der Waals surface area contributed by atoms with Crippen LogP contribution < -0.4 is 20.1 Å². The van der Waals surface area contributed by atoms with E-state index in [-0.39, 0.29) is 11.9 Å². The van der Waals surface area contributed by atoms with E-state index in [9.17, 15) is 9.59 Å². The van der Waals surface area contributed by atoms with E-state index in [0.717, 1.165) is 11.3 Å². The second kappa shape index (κ2) is 6.50. The Bertz CT molecular complexity index is 914. The van der Waals surface area contributed by atoms with E-state index >= 15 is 0 Å². The van der Waals surface area contributed by atoms with Gasteiger partial charge in [0.1, 0.15) is 0 Å². The zero-order chi connectivity index (χ0) is 19.0. The number of amides is 3. The zero-order valence-corrected chi connectivity index (χ0v) is 15.2. The molecule has 7 nitrogen and oxygen atoms in total. The second-order valence-corrected chi connectivity index (χ2v) is 6.75. The van der Waals surface area contributed by atoms with Crippen molar-refractivity contribution in [3.8, 4) is 11.5 Å². The minimum Gasteiger partial charge on any atom is -0.493 e. The maximum absolute atomic E-state index is 12.7. The molecule has 0 aromatic heterocycles. The molecule has 0 saturated carbocycles. The Kier molecular flexibility index (Phi) is 4.14. The molecule has 0 radical (unpaired) electrons. The number of carbonyl (C=O) groups is 2. The van der Waals surface area contributed by atoms with Gasteiger partial charge in [-0.3, -0.25) is 4.79 Å². The molecule has 2 aromatic carbocycles. The van der Waals surface area contributed by atoms with Gasteiger partial charge in [-0.15, -0.1) is 0 Å². The average Bonchev–Trinajstić information content (AvgIpc) is 3.25. The predicted molar refractivity (Wildman–Crippen MR) is 102 cm³/mol. The van der Waals surface area contributed by atoms with Crippen LogP contribution in [0.2, 0.25) is 0 Å². The summed E-state index contributed by atoms with van der Waals surface area (Å²) in [4.78, 5) is 27.1. The highest BCUT2D eigenvalue weighted by atomic mass is 16.5. The highest BCUT2D eigenvalue weighted by molar-refractivity contribution is 6.07. The molecule has 7 heteroatoms. The van der Waals surface area contributed by atoms with Crippen molar-refractivity contribution in [2.24, 2.45) is 0 Å². The smallest absolute Gasteiger partial charge is 0.321 e. The van der Waals surface area contributed by atoms with Crippen molar-refractivity contribution < 1.29 is 19.1 Å². The van der Waals surface area contributed by atoms with Crippen molar-refractivity contribution >= 4 is 23.3 Å². The first-order valence-electron chi connectivity index (χ1n) is 8.76. The Labute approximate surface area is 157 Å². The lowest BCUT2D eigenvalue weighted by molar-refractivity contribution is -0.120. The van der Waals surface area contributed by atoms with Gasteiger partial charge in [0, 0.05) is 30.5 Å². The number of fused-ring (bicyclic) bond motifs is 2. The Balaban J connectivity index is 1.51. The van der Waals surface area contributed by atoms with E-state index in [1.165, 1.54) is 0 Å². The number of anilines is 2. The molecule has 2 aliphatic rings. The molecule has 3 amide bonds. The number of rotatable bonds is 3. The second-order valence-electron chi connectivity index (χ2n) is 6.75. The molecule has 2 aliphatic heterocycles. The monoisotopic (exact) mass is 367 g/mol. The predicted octanol–water partition coefficient (Wildman–Crippen LogP) is 2.83. The molecule has 2 aromatic rings. The van der Waals surface area contributed by atoms with Gasteiger partial charge < -0.3 is 25.0 Å². The number of benzene rings is 2. The third-order valence-corrected chi connectivity index (χ3v) is 5.32. The number of nitrogens with zero attached hydrogens (tertiary/aromatic N) is 1. The normalized spacial score (nSPS) is 20.4. The van der Waals surface area contributed by atoms with Crippen molar-refractivity contribution in [2.45, 2.75) is 11.8 Å². The minimum absolute atomic E-state index is 0.0369. The van der Waals surface area contributed by atoms with Crippen molar-refractivity contribution in [2.75, 3.05) is 37.9 Å². The van der Waals surface area contributed by atoms with Crippen LogP contribution in [0, 0.1) is 0 Å². The van der Waals surface area contributed by atoms with E-state index in [0.29, 0.717) is 36.7 Å². The number of hydrogen-bond donors (Lipinski definition) is 2. The number of urea groups is 1. The standard InChI is InChI=1S/C20H21N3O4/c1-26-16-8-7-13(11-17(16)27-2)21-19(25)23-10-9-20(12-23)14-5-3-4-6-15(14)22-18(20)24/h3-8,11H,9-10,12H2,1-2H3,(H,21,25)(H,22,24)/t20-/m0/s1. The van der Waals surface area contributed by atoms with E-state index in [1.54, 1.807) is 37.3 Å². The first kappa shape index (κ1) is 17.2. The highest BCUT2D eigenvalue weighted by Crippen LogP contribution is 2.44. The number of hydrogen-bond acceptors (Lipinski definition) is 4. The number of ether oxygens (including phenoxy) is 2. The van der Waals surface area contributed by atoms with Crippen LogP contribution in [0.15, 0.2) is 42.5 Å². The van der Waals surface area contributed by atoms with Gasteiger partial charge in [0.2, 0.25) is 5.91 Å². The minimum atomic E-state index is -0.661. The van der Waals surface area contributed by atoms with Crippen LogP contribution in [0.25, 0.3) is 0 Å². The largest absolute Gasteiger partial charge is 0.493 e. The Morgan fingerprint density at radius 1 is 1.15 bits per heavy atom. The zero-order valence-electron chi connectivity index (χ0n) is 15.2. The summed E-state index contributed by atoms with van der Waals surface area (Å²) in [6, 6.07) is 12.6. The lowest BCUT2D eigenvalue weighted by Gasteiger charge is -2.23. The topological polar surface area (TPSA) is 79.9 Å². The summed E-state index contributed by atoms with van der Waals surface area (Å²) in [7, 11) is 3.11. The summed E-state index contributed by atoms with van der Waals surface area (Å²) in [5, 5.41) is 5.81. The van der Waals surface area contributed by atoms with Crippen LogP contribution >= 0.6 is 0 Å². The van der Waals surface area contributed by atoms with E-state index < -0.39 is 5.41 Å². The van der Waals surface area contributed by atoms with Gasteiger partial charge in [-0.2, -0.15) is 0 Å². The van der Waals surface area contributed by atoms with Crippen LogP contribution in [0.5, 0.6) is 11.5 Å². The molecular weight excluding hydrogens is 346 g/mol. The molecule has 27 heavy (non-hydrogen) atoms. The summed E-state index contributed by atoms with van der Waals surface area (Å²) in [6.45, 7) is 0.871. The summed E-state index contributed by atoms with van der Waals surface area (Å²) in [5.41, 5.74) is 1.75. The Hall–Kier alpha value is -3.22. The van der Waals surface area contributed by atoms with E-state index in [1.807, 2.05) is 24.3 Å². The number of para-hydroxylation sites is 1. The van der Waals surface area contributed by atoms with Crippen LogP contribution in [-0.2, 0) is 10.2 Å². The molecule has 0 aliphatic carbocycles. The van der Waals surface area contributed by atoms with Crippen molar-refractivity contribution in [1.29, 1.82) is 0 Å². The summed E-state index contributed by atoms with van der Waals surface area (Å²) < 4.78 is 10.5. The third kappa shape index (κ3) is 2.75. The van der Waals surface area contributed by atoms with Crippen LogP contribution in [0.4, 0.5) is 16.2 Å². The van der Waals surface area contributed by atoms with Gasteiger partial charge >= 0.3 is 6.03 Å². The van der Waals surface area contributed by atoms with Gasteiger partial charge in [-0.25, -0.2) is 4.79 Å². The average molecular weight is 367 g/mol. The van der Waals surface area contributed by atoms with Gasteiger partial charge in [0.05, 0.1) is 19.6 Å². The lowest BCUT2D eigenvalue weighted by atomic mass is 9.81. The first-order valence-corrected chi connectivity index (χ1v) is 8.76. The molecule has 1 fully saturated rings. The van der Waals surface area contributed by atoms with Crippen molar-refractivity contribution in [1.82, 2.24) is 4.90 Å². The number of methoxy groups -OCH3 is 2. The lowest BCUT2D eigenvalue weighted by Crippen LogP contribution is -2.40.